The molecule has 0 aliphatic heterocycles. The van der Waals surface area contributed by atoms with Crippen molar-refractivity contribution in [2.75, 3.05) is 0 Å². The quantitative estimate of drug-likeness (QED) is 0.306. The Bertz CT molecular complexity index is 373. The standard InChI is InChI=1S/C10H15N3O3/c1-6(9(11)13-15)10(14)12-7(2)8-4-3-5-16-8/h3-7,15H,1-2H3,(H2,11,13)(H,12,14). The van der Waals surface area contributed by atoms with Gasteiger partial charge < -0.3 is 20.7 Å². The molecule has 0 aromatic carbocycles. The van der Waals surface area contributed by atoms with Crippen molar-refractivity contribution in [1.29, 1.82) is 0 Å². The fraction of sp³-hybridized carbons (Fsp3) is 0.400. The van der Waals surface area contributed by atoms with Crippen LogP contribution in [0.15, 0.2) is 28.0 Å². The first kappa shape index (κ1) is 12.1. The third-order valence-electron chi connectivity index (χ3n) is 2.28. The van der Waals surface area contributed by atoms with E-state index in [4.69, 9.17) is 15.4 Å². The van der Waals surface area contributed by atoms with Gasteiger partial charge in [-0.15, -0.1) is 0 Å². The molecule has 1 aromatic heterocycles. The lowest BCUT2D eigenvalue weighted by Gasteiger charge is -2.14. The molecule has 1 heterocycles. The second kappa shape index (κ2) is 5.20. The molecule has 1 rings (SSSR count). The minimum atomic E-state index is -0.678. The molecule has 6 heteroatoms. The number of furan rings is 1. The van der Waals surface area contributed by atoms with Crippen molar-refractivity contribution in [2.24, 2.45) is 16.8 Å². The highest BCUT2D eigenvalue weighted by molar-refractivity contribution is 6.01. The number of nitrogens with zero attached hydrogens (tertiary/aromatic N) is 1. The summed E-state index contributed by atoms with van der Waals surface area (Å²) < 4.78 is 5.14. The summed E-state index contributed by atoms with van der Waals surface area (Å²) in [6.07, 6.45) is 1.53. The second-order valence-electron chi connectivity index (χ2n) is 3.49. The molecular weight excluding hydrogens is 210 g/mol. The molecule has 0 saturated carbocycles. The predicted octanol–water partition coefficient (Wildman–Crippen LogP) is 0.839. The van der Waals surface area contributed by atoms with Crippen molar-refractivity contribution in [3.63, 3.8) is 0 Å². The van der Waals surface area contributed by atoms with E-state index in [2.05, 4.69) is 10.5 Å². The van der Waals surface area contributed by atoms with Crippen molar-refractivity contribution >= 4 is 11.7 Å². The van der Waals surface area contributed by atoms with Gasteiger partial charge in [0.25, 0.3) is 0 Å². The normalized spacial score (nSPS) is 15.5. The zero-order valence-corrected chi connectivity index (χ0v) is 9.18. The number of carbonyl (C=O) groups is 1. The first-order valence-corrected chi connectivity index (χ1v) is 4.87. The summed E-state index contributed by atoms with van der Waals surface area (Å²) in [5.41, 5.74) is 5.33. The summed E-state index contributed by atoms with van der Waals surface area (Å²) in [6, 6.07) is 3.25. The summed E-state index contributed by atoms with van der Waals surface area (Å²) in [5, 5.41) is 13.9. The Morgan fingerprint density at radius 2 is 2.31 bits per heavy atom. The van der Waals surface area contributed by atoms with E-state index in [0.717, 1.165) is 0 Å². The van der Waals surface area contributed by atoms with Crippen LogP contribution < -0.4 is 11.1 Å². The Balaban J connectivity index is 2.58. The van der Waals surface area contributed by atoms with Crippen LogP contribution in [0.3, 0.4) is 0 Å². The van der Waals surface area contributed by atoms with Gasteiger partial charge in [0.2, 0.25) is 5.91 Å². The minimum absolute atomic E-state index is 0.121. The fourth-order valence-corrected chi connectivity index (χ4v) is 1.17. The Morgan fingerprint density at radius 1 is 1.62 bits per heavy atom. The molecular formula is C10H15N3O3. The maximum atomic E-state index is 11.6. The van der Waals surface area contributed by atoms with Gasteiger partial charge in [0.15, 0.2) is 5.84 Å². The maximum absolute atomic E-state index is 11.6. The molecule has 88 valence electrons. The van der Waals surface area contributed by atoms with Gasteiger partial charge in [-0.05, 0) is 26.0 Å². The average Bonchev–Trinajstić information content (AvgIpc) is 2.80. The van der Waals surface area contributed by atoms with E-state index < -0.39 is 5.92 Å². The number of oxime groups is 1. The maximum Gasteiger partial charge on any atom is 0.231 e. The first-order chi connectivity index (χ1) is 7.56. The highest BCUT2D eigenvalue weighted by atomic mass is 16.4. The number of hydrogen-bond donors (Lipinski definition) is 3. The van der Waals surface area contributed by atoms with E-state index in [9.17, 15) is 4.79 Å². The number of hydrogen-bond acceptors (Lipinski definition) is 4. The molecule has 0 saturated heterocycles. The van der Waals surface area contributed by atoms with Crippen LogP contribution in [0.4, 0.5) is 0 Å². The van der Waals surface area contributed by atoms with Gasteiger partial charge in [-0.25, -0.2) is 0 Å². The Labute approximate surface area is 93.1 Å². The van der Waals surface area contributed by atoms with E-state index in [1.165, 1.54) is 6.26 Å². The molecule has 0 fully saturated rings. The van der Waals surface area contributed by atoms with Crippen LogP contribution in [-0.4, -0.2) is 17.0 Å². The van der Waals surface area contributed by atoms with Crippen LogP contribution >= 0.6 is 0 Å². The molecule has 4 N–H and O–H groups in total. The van der Waals surface area contributed by atoms with Crippen molar-refractivity contribution in [3.05, 3.63) is 24.2 Å². The van der Waals surface area contributed by atoms with Gasteiger partial charge in [0, 0.05) is 0 Å². The van der Waals surface area contributed by atoms with Gasteiger partial charge in [0.05, 0.1) is 18.2 Å². The smallest absolute Gasteiger partial charge is 0.231 e. The van der Waals surface area contributed by atoms with Crippen molar-refractivity contribution in [2.45, 2.75) is 19.9 Å². The van der Waals surface area contributed by atoms with Gasteiger partial charge in [0.1, 0.15) is 5.76 Å². The number of nitrogens with one attached hydrogen (secondary N) is 1. The SMILES string of the molecule is CC(C(=O)NC(C)c1ccco1)C(N)=NO. The third kappa shape index (κ3) is 2.75. The van der Waals surface area contributed by atoms with Crippen molar-refractivity contribution < 1.29 is 14.4 Å². The van der Waals surface area contributed by atoms with Gasteiger partial charge >= 0.3 is 0 Å². The number of amidine groups is 1. The molecule has 2 atom stereocenters. The van der Waals surface area contributed by atoms with E-state index >= 15 is 0 Å². The Morgan fingerprint density at radius 3 is 2.81 bits per heavy atom. The lowest BCUT2D eigenvalue weighted by atomic mass is 10.1. The molecule has 0 radical (unpaired) electrons. The van der Waals surface area contributed by atoms with Gasteiger partial charge in [-0.2, -0.15) is 0 Å². The molecule has 16 heavy (non-hydrogen) atoms. The van der Waals surface area contributed by atoms with Crippen molar-refractivity contribution in [3.8, 4) is 0 Å². The van der Waals surface area contributed by atoms with E-state index in [1.54, 1.807) is 26.0 Å². The monoisotopic (exact) mass is 225 g/mol. The molecule has 0 spiro atoms. The first-order valence-electron chi connectivity index (χ1n) is 4.87. The molecule has 1 amide bonds. The number of amides is 1. The molecule has 0 aliphatic rings. The summed E-state index contributed by atoms with van der Waals surface area (Å²) in [4.78, 5) is 11.6. The van der Waals surface area contributed by atoms with E-state index in [-0.39, 0.29) is 17.8 Å². The van der Waals surface area contributed by atoms with Crippen LogP contribution in [0.2, 0.25) is 0 Å². The lowest BCUT2D eigenvalue weighted by molar-refractivity contribution is -0.123. The summed E-state index contributed by atoms with van der Waals surface area (Å²) >= 11 is 0. The lowest BCUT2D eigenvalue weighted by Crippen LogP contribution is -2.38. The fourth-order valence-electron chi connectivity index (χ4n) is 1.17. The van der Waals surface area contributed by atoms with Crippen LogP contribution in [0, 0.1) is 5.92 Å². The highest BCUT2D eigenvalue weighted by Gasteiger charge is 2.20. The molecule has 6 nitrogen and oxygen atoms in total. The highest BCUT2D eigenvalue weighted by Crippen LogP contribution is 2.12. The zero-order chi connectivity index (χ0) is 12.1. The Hall–Kier alpha value is -1.98. The van der Waals surface area contributed by atoms with Crippen LogP contribution in [0.5, 0.6) is 0 Å². The molecule has 2 unspecified atom stereocenters. The van der Waals surface area contributed by atoms with E-state index in [0.29, 0.717) is 5.76 Å². The summed E-state index contributed by atoms with van der Waals surface area (Å²) in [5.74, 6) is -0.467. The van der Waals surface area contributed by atoms with Crippen molar-refractivity contribution in [1.82, 2.24) is 5.32 Å². The summed E-state index contributed by atoms with van der Waals surface area (Å²) in [7, 11) is 0. The van der Waals surface area contributed by atoms with Crippen LogP contribution in [0.1, 0.15) is 25.6 Å². The number of rotatable bonds is 4. The number of nitrogens with two attached hydrogens (primary N) is 1. The van der Waals surface area contributed by atoms with Gasteiger partial charge in [-0.1, -0.05) is 5.16 Å². The van der Waals surface area contributed by atoms with E-state index in [1.807, 2.05) is 0 Å². The van der Waals surface area contributed by atoms with Crippen LogP contribution in [0.25, 0.3) is 0 Å². The third-order valence-corrected chi connectivity index (χ3v) is 2.28. The minimum Gasteiger partial charge on any atom is -0.467 e. The largest absolute Gasteiger partial charge is 0.467 e. The second-order valence-corrected chi connectivity index (χ2v) is 3.49. The topological polar surface area (TPSA) is 101 Å². The molecule has 0 bridgehead atoms. The number of carbonyl (C=O) groups excluding carboxylic acids is 1. The summed E-state index contributed by atoms with van der Waals surface area (Å²) in [6.45, 7) is 3.34. The van der Waals surface area contributed by atoms with Crippen LogP contribution in [-0.2, 0) is 4.79 Å². The average molecular weight is 225 g/mol. The molecule has 1 aromatic rings. The Kier molecular flexibility index (Phi) is 3.93. The zero-order valence-electron chi connectivity index (χ0n) is 9.18. The van der Waals surface area contributed by atoms with Gasteiger partial charge in [-0.3, -0.25) is 4.79 Å². The predicted molar refractivity (Wildman–Crippen MR) is 57.8 cm³/mol. The molecule has 0 aliphatic carbocycles.